The number of anilines is 1. The number of nitrogens with zero attached hydrogens (tertiary/aromatic N) is 5. The molecule has 5 saturated carbocycles. The minimum absolute atomic E-state index is 0.0142. The van der Waals surface area contributed by atoms with E-state index < -0.39 is 34.8 Å². The van der Waals surface area contributed by atoms with E-state index in [9.17, 15) is 27.9 Å². The van der Waals surface area contributed by atoms with E-state index in [-0.39, 0.29) is 35.1 Å². The lowest BCUT2D eigenvalue weighted by Gasteiger charge is -2.59. The van der Waals surface area contributed by atoms with E-state index in [0.717, 1.165) is 68.9 Å². The molecule has 10 nitrogen and oxygen atoms in total. The van der Waals surface area contributed by atoms with Crippen molar-refractivity contribution in [2.45, 2.75) is 108 Å². The number of rotatable bonds is 8. The SMILES string of the molecule is CC1(C)CCC(n2cc(-c3ccc(C(=O)NC4(C(=O)O)C5CC6CC(C5)CC4C6)c(C(F)(F)F)n3)c3ccc(OC4CCN(c5ncccn5)CC4)cc32)CC1. The van der Waals surface area contributed by atoms with Crippen LogP contribution >= 0.6 is 0 Å². The van der Waals surface area contributed by atoms with Gasteiger partial charge in [0.05, 0.1) is 16.8 Å². The van der Waals surface area contributed by atoms with Crippen LogP contribution in [0.4, 0.5) is 19.1 Å². The molecule has 56 heavy (non-hydrogen) atoms. The number of hydrogen-bond acceptors (Lipinski definition) is 7. The predicted octanol–water partition coefficient (Wildman–Crippen LogP) is 8.71. The maximum atomic E-state index is 14.9. The molecule has 6 fully saturated rings. The molecule has 13 heteroatoms. The van der Waals surface area contributed by atoms with Gasteiger partial charge in [0.25, 0.3) is 5.91 Å². The molecule has 1 saturated heterocycles. The molecule has 5 aliphatic carbocycles. The number of carbonyl (C=O) groups is 2. The molecule has 3 aromatic heterocycles. The number of alkyl halides is 3. The fraction of sp³-hybridized carbons (Fsp3) is 0.558. The fourth-order valence-electron chi connectivity index (χ4n) is 11.1. The number of piperidine rings is 1. The van der Waals surface area contributed by atoms with Crippen LogP contribution in [0.5, 0.6) is 5.75 Å². The minimum Gasteiger partial charge on any atom is -0.490 e. The summed E-state index contributed by atoms with van der Waals surface area (Å²) in [5, 5.41) is 14.0. The lowest BCUT2D eigenvalue weighted by Crippen LogP contribution is -2.70. The Morgan fingerprint density at radius 3 is 2.20 bits per heavy atom. The number of carbonyl (C=O) groups excluding carboxylic acids is 1. The van der Waals surface area contributed by atoms with E-state index in [0.29, 0.717) is 54.8 Å². The van der Waals surface area contributed by atoms with Crippen molar-refractivity contribution >= 4 is 28.7 Å². The minimum atomic E-state index is -4.96. The van der Waals surface area contributed by atoms with Gasteiger partial charge in [-0.25, -0.2) is 19.7 Å². The number of carboxylic acids is 1. The van der Waals surface area contributed by atoms with Gasteiger partial charge in [-0.05, 0) is 117 Å². The van der Waals surface area contributed by atoms with Crippen molar-refractivity contribution in [3.05, 3.63) is 66.2 Å². The van der Waals surface area contributed by atoms with Crippen molar-refractivity contribution in [3.8, 4) is 17.0 Å². The molecule has 1 aliphatic heterocycles. The van der Waals surface area contributed by atoms with Crippen LogP contribution in [0, 0.1) is 29.1 Å². The molecule has 4 heterocycles. The Hall–Kier alpha value is -4.68. The normalized spacial score (nSPS) is 27.8. The number of ether oxygens (including phenoxy) is 1. The number of aromatic nitrogens is 4. The zero-order chi connectivity index (χ0) is 39.0. The zero-order valence-electron chi connectivity index (χ0n) is 31.9. The van der Waals surface area contributed by atoms with Crippen molar-refractivity contribution in [2.75, 3.05) is 18.0 Å². The number of hydrogen-bond donors (Lipinski definition) is 2. The first-order chi connectivity index (χ1) is 26.8. The predicted molar refractivity (Wildman–Crippen MR) is 204 cm³/mol. The van der Waals surface area contributed by atoms with E-state index in [4.69, 9.17) is 4.74 Å². The molecule has 4 bridgehead atoms. The molecule has 6 aliphatic rings. The number of carboxylic acid groups (broad SMARTS) is 1. The highest BCUT2D eigenvalue weighted by atomic mass is 19.4. The van der Waals surface area contributed by atoms with Crippen LogP contribution in [0.3, 0.4) is 0 Å². The van der Waals surface area contributed by atoms with E-state index in [1.807, 2.05) is 24.4 Å². The molecule has 2 N–H and O–H groups in total. The highest BCUT2D eigenvalue weighted by molar-refractivity contribution is 6.00. The number of fused-ring (bicyclic) bond motifs is 1. The van der Waals surface area contributed by atoms with Crippen LogP contribution in [-0.4, -0.2) is 61.2 Å². The Kier molecular flexibility index (Phi) is 9.07. The highest BCUT2D eigenvalue weighted by Crippen LogP contribution is 2.58. The summed E-state index contributed by atoms with van der Waals surface area (Å²) in [5.74, 6) is -0.583. The van der Waals surface area contributed by atoms with Crippen molar-refractivity contribution in [2.24, 2.45) is 29.1 Å². The fourth-order valence-corrected chi connectivity index (χ4v) is 11.1. The zero-order valence-corrected chi connectivity index (χ0v) is 31.9. The second-order valence-corrected chi connectivity index (χ2v) is 17.9. The first-order valence-electron chi connectivity index (χ1n) is 20.2. The molecular weight excluding hydrogens is 722 g/mol. The Balaban J connectivity index is 1.03. The number of pyridine rings is 1. The number of benzene rings is 1. The maximum Gasteiger partial charge on any atom is 0.434 e. The Bertz CT molecular complexity index is 2110. The van der Waals surface area contributed by atoms with Gasteiger partial charge in [0.15, 0.2) is 5.69 Å². The van der Waals surface area contributed by atoms with Crippen LogP contribution < -0.4 is 15.0 Å². The van der Waals surface area contributed by atoms with Crippen LogP contribution in [0.2, 0.25) is 0 Å². The lowest BCUT2D eigenvalue weighted by atomic mass is 9.48. The molecule has 296 valence electrons. The number of amides is 1. The van der Waals surface area contributed by atoms with Gasteiger partial charge in [-0.3, -0.25) is 4.79 Å². The lowest BCUT2D eigenvalue weighted by molar-refractivity contribution is -0.163. The summed E-state index contributed by atoms with van der Waals surface area (Å²) in [7, 11) is 0. The summed E-state index contributed by atoms with van der Waals surface area (Å²) in [5.41, 5.74) is -1.85. The second kappa shape index (κ2) is 13.8. The summed E-state index contributed by atoms with van der Waals surface area (Å²) in [4.78, 5) is 41.9. The van der Waals surface area contributed by atoms with Gasteiger partial charge in [-0.1, -0.05) is 13.8 Å². The number of aliphatic carboxylic acids is 1. The van der Waals surface area contributed by atoms with Gasteiger partial charge >= 0.3 is 12.1 Å². The smallest absolute Gasteiger partial charge is 0.434 e. The van der Waals surface area contributed by atoms with E-state index in [1.165, 1.54) is 12.1 Å². The van der Waals surface area contributed by atoms with Gasteiger partial charge < -0.3 is 24.6 Å². The molecule has 0 atom stereocenters. The number of halogens is 3. The average Bonchev–Trinajstić information content (AvgIpc) is 3.54. The van der Waals surface area contributed by atoms with Crippen molar-refractivity contribution < 1.29 is 32.6 Å². The monoisotopic (exact) mass is 770 g/mol. The molecule has 0 radical (unpaired) electrons. The molecule has 4 aromatic rings. The van der Waals surface area contributed by atoms with Crippen LogP contribution in [-0.2, 0) is 11.0 Å². The summed E-state index contributed by atoms with van der Waals surface area (Å²) in [6.07, 6.45) is 9.63. The van der Waals surface area contributed by atoms with Crippen LogP contribution in [0.15, 0.2) is 55.0 Å². The molecule has 0 unspecified atom stereocenters. The van der Waals surface area contributed by atoms with E-state index >= 15 is 0 Å². The third-order valence-corrected chi connectivity index (χ3v) is 13.9. The van der Waals surface area contributed by atoms with E-state index in [1.54, 1.807) is 18.5 Å². The summed E-state index contributed by atoms with van der Waals surface area (Å²) >= 11 is 0. The maximum absolute atomic E-state index is 14.9. The average molecular weight is 771 g/mol. The molecule has 1 aromatic carbocycles. The highest BCUT2D eigenvalue weighted by Gasteiger charge is 2.62. The number of nitrogens with one attached hydrogen (secondary N) is 1. The Morgan fingerprint density at radius 2 is 1.57 bits per heavy atom. The standard InChI is InChI=1S/C43H49F3N6O4/c1-41(2)12-8-29(9-13-41)52-24-34(32-5-4-31(23-36(32)52)56-30-10-16-51(17-11-30)40-47-14-3-15-48-40)35-7-6-33(37(49-35)43(44,45)46)38(53)50-42(39(54)55)27-19-25-18-26(21-27)22-28(42)20-25/h3-7,14-15,23-30H,8-13,16-22H2,1-2H3,(H,50,53)(H,54,55). The Morgan fingerprint density at radius 1 is 0.911 bits per heavy atom. The van der Waals surface area contributed by atoms with Gasteiger partial charge in [0, 0.05) is 67.6 Å². The molecule has 1 amide bonds. The van der Waals surface area contributed by atoms with Crippen molar-refractivity contribution in [3.63, 3.8) is 0 Å². The summed E-state index contributed by atoms with van der Waals surface area (Å²) in [6, 6.07) is 10.3. The van der Waals surface area contributed by atoms with Gasteiger partial charge in [0.1, 0.15) is 17.4 Å². The molecule has 0 spiro atoms. The topological polar surface area (TPSA) is 122 Å². The first-order valence-corrected chi connectivity index (χ1v) is 20.2. The van der Waals surface area contributed by atoms with Gasteiger partial charge in [-0.2, -0.15) is 13.2 Å². The third kappa shape index (κ3) is 6.58. The first kappa shape index (κ1) is 36.9. The van der Waals surface area contributed by atoms with Crippen LogP contribution in [0.25, 0.3) is 22.2 Å². The molecular formula is C43H49F3N6O4. The third-order valence-electron chi connectivity index (χ3n) is 13.9. The Labute approximate surface area is 324 Å². The molecule has 10 rings (SSSR count). The van der Waals surface area contributed by atoms with E-state index in [2.05, 4.69) is 43.6 Å². The van der Waals surface area contributed by atoms with Gasteiger partial charge in [-0.15, -0.1) is 0 Å². The largest absolute Gasteiger partial charge is 0.490 e. The van der Waals surface area contributed by atoms with Crippen molar-refractivity contribution in [1.82, 2.24) is 24.8 Å². The summed E-state index contributed by atoms with van der Waals surface area (Å²) < 4.78 is 53.5. The quantitative estimate of drug-likeness (QED) is 0.183. The summed E-state index contributed by atoms with van der Waals surface area (Å²) in [6.45, 7) is 6.06. The van der Waals surface area contributed by atoms with Gasteiger partial charge in [0.2, 0.25) is 5.95 Å². The van der Waals surface area contributed by atoms with Crippen LogP contribution in [0.1, 0.15) is 107 Å². The second-order valence-electron chi connectivity index (χ2n) is 17.9. The van der Waals surface area contributed by atoms with Crippen molar-refractivity contribution in [1.29, 1.82) is 0 Å².